The van der Waals surface area contributed by atoms with Crippen molar-refractivity contribution in [3.63, 3.8) is 0 Å². The van der Waals surface area contributed by atoms with Gasteiger partial charge in [0, 0.05) is 6.07 Å². The molecule has 0 atom stereocenters. The van der Waals surface area contributed by atoms with Crippen LogP contribution in [-0.4, -0.2) is 22.5 Å². The van der Waals surface area contributed by atoms with Gasteiger partial charge in [-0.25, -0.2) is 0 Å². The molecule has 0 aliphatic carbocycles. The van der Waals surface area contributed by atoms with Crippen molar-refractivity contribution in [2.75, 3.05) is 7.11 Å². The van der Waals surface area contributed by atoms with Crippen LogP contribution in [0.15, 0.2) is 18.3 Å². The van der Waals surface area contributed by atoms with Gasteiger partial charge in [-0.2, -0.15) is 0 Å². The quantitative estimate of drug-likeness (QED) is 0.466. The van der Waals surface area contributed by atoms with E-state index in [4.69, 9.17) is 4.74 Å². The third kappa shape index (κ3) is 0.795. The van der Waals surface area contributed by atoms with Crippen molar-refractivity contribution in [3.8, 4) is 5.88 Å². The molecule has 2 rings (SSSR count). The Morgan fingerprint density at radius 1 is 1.58 bits per heavy atom. The van der Waals surface area contributed by atoms with E-state index in [1.807, 2.05) is 6.07 Å². The molecule has 0 saturated carbocycles. The van der Waals surface area contributed by atoms with Gasteiger partial charge in [-0.3, -0.25) is 0 Å². The lowest BCUT2D eigenvalue weighted by Crippen LogP contribution is -2.33. The van der Waals surface area contributed by atoms with Crippen molar-refractivity contribution in [3.05, 3.63) is 18.3 Å². The normalized spacial score (nSPS) is 10.4. The number of rotatable bonds is 1. The maximum absolute atomic E-state index is 9.46. The van der Waals surface area contributed by atoms with Crippen molar-refractivity contribution < 1.29 is 14.7 Å². The third-order valence-corrected chi connectivity index (χ3v) is 1.68. The number of hydrogen-bond donors (Lipinski definition) is 2. The molecule has 2 heterocycles. The van der Waals surface area contributed by atoms with Gasteiger partial charge in [-0.15, -0.1) is 5.10 Å². The second-order valence-corrected chi connectivity index (χ2v) is 2.36. The summed E-state index contributed by atoms with van der Waals surface area (Å²) in [6, 6.07) is 3.47. The minimum absolute atomic E-state index is 0.367. The zero-order valence-electron chi connectivity index (χ0n) is 6.48. The number of methoxy groups -OCH3 is 1. The molecule has 5 nitrogen and oxygen atoms in total. The number of nitrogens with zero attached hydrogens (tertiary/aromatic N) is 2. The summed E-state index contributed by atoms with van der Waals surface area (Å²) in [7, 11) is 1.49. The predicted octanol–water partition coefficient (Wildman–Crippen LogP) is 0.0963. The van der Waals surface area contributed by atoms with Crippen LogP contribution in [0.1, 0.15) is 0 Å². The number of fused-ring (bicyclic) bond motifs is 1. The first-order valence-electron chi connectivity index (χ1n) is 3.44. The molecule has 0 amide bonds. The van der Waals surface area contributed by atoms with Crippen molar-refractivity contribution >= 4 is 11.0 Å². The highest BCUT2D eigenvalue weighted by molar-refractivity contribution is 5.70. The summed E-state index contributed by atoms with van der Waals surface area (Å²) in [6.07, 6.45) is 1.63. The highest BCUT2D eigenvalue weighted by atomic mass is 16.5. The Hall–Kier alpha value is -1.78. The molecule has 62 valence electrons. The molecule has 2 N–H and O–H groups in total. The van der Waals surface area contributed by atoms with Crippen LogP contribution in [0.4, 0.5) is 0 Å². The van der Waals surface area contributed by atoms with Gasteiger partial charge >= 0.3 is 11.5 Å². The first-order valence-corrected chi connectivity index (χ1v) is 3.44. The molecule has 0 unspecified atom stereocenters. The molecule has 5 heteroatoms. The van der Waals surface area contributed by atoms with E-state index < -0.39 is 0 Å². The summed E-state index contributed by atoms with van der Waals surface area (Å²) in [5.74, 6) is 0.367. The molecule has 0 aromatic carbocycles. The maximum Gasteiger partial charge on any atom is 0.351 e. The van der Waals surface area contributed by atoms with Crippen molar-refractivity contribution in [1.29, 1.82) is 0 Å². The minimum Gasteiger partial charge on any atom is -0.463 e. The zero-order chi connectivity index (χ0) is 8.55. The van der Waals surface area contributed by atoms with Crippen LogP contribution in [0.5, 0.6) is 5.88 Å². The standard InChI is InChI=1S/C7H7N3O2/c1-12-6-3-2-5-4-8-9-7(5)10(6)11/h2-4,11H,1H3/p+1. The van der Waals surface area contributed by atoms with Gasteiger partial charge in [0.2, 0.25) is 0 Å². The summed E-state index contributed by atoms with van der Waals surface area (Å²) in [5.41, 5.74) is 0.523. The lowest BCUT2D eigenvalue weighted by Gasteiger charge is -1.97. The average molecular weight is 166 g/mol. The maximum atomic E-state index is 9.46. The van der Waals surface area contributed by atoms with Crippen LogP contribution in [0.2, 0.25) is 0 Å². The summed E-state index contributed by atoms with van der Waals surface area (Å²) in [4.78, 5) is 0. The summed E-state index contributed by atoms with van der Waals surface area (Å²) >= 11 is 0. The van der Waals surface area contributed by atoms with E-state index in [2.05, 4.69) is 10.2 Å². The molecular formula is C7H8N3O2+. The fourth-order valence-corrected chi connectivity index (χ4v) is 1.08. The number of aromatic nitrogens is 3. The number of ether oxygens (including phenoxy) is 1. The molecule has 0 aliphatic rings. The average Bonchev–Trinajstić information content (AvgIpc) is 2.53. The monoisotopic (exact) mass is 166 g/mol. The van der Waals surface area contributed by atoms with Crippen LogP contribution in [-0.2, 0) is 0 Å². The fraction of sp³-hybridized carbons (Fsp3) is 0.143. The minimum atomic E-state index is 0.367. The van der Waals surface area contributed by atoms with E-state index in [1.54, 1.807) is 12.3 Å². The Balaban J connectivity index is 2.78. The Morgan fingerprint density at radius 3 is 3.17 bits per heavy atom. The van der Waals surface area contributed by atoms with Crippen LogP contribution in [0, 0.1) is 0 Å². The van der Waals surface area contributed by atoms with E-state index in [0.717, 1.165) is 10.1 Å². The molecular weight excluding hydrogens is 158 g/mol. The van der Waals surface area contributed by atoms with Gasteiger partial charge in [-0.1, -0.05) is 5.10 Å². The van der Waals surface area contributed by atoms with E-state index >= 15 is 0 Å². The Morgan fingerprint density at radius 2 is 2.42 bits per heavy atom. The Bertz CT molecular complexity index is 410. The van der Waals surface area contributed by atoms with Gasteiger partial charge in [0.1, 0.15) is 0 Å². The number of pyridine rings is 1. The van der Waals surface area contributed by atoms with Crippen LogP contribution in [0.3, 0.4) is 0 Å². The first-order chi connectivity index (χ1) is 5.83. The SMILES string of the molecule is COc1ccc2cn[nH]c2[n+]1O. The van der Waals surface area contributed by atoms with Crippen molar-refractivity contribution in [2.24, 2.45) is 0 Å². The van der Waals surface area contributed by atoms with Crippen molar-refractivity contribution in [1.82, 2.24) is 10.2 Å². The van der Waals surface area contributed by atoms with E-state index in [-0.39, 0.29) is 0 Å². The molecule has 2 aromatic rings. The highest BCUT2D eigenvalue weighted by Gasteiger charge is 2.13. The number of hydrogen-bond acceptors (Lipinski definition) is 3. The molecule has 0 saturated heterocycles. The van der Waals surface area contributed by atoms with Gasteiger partial charge < -0.3 is 9.94 Å². The molecule has 0 aliphatic heterocycles. The van der Waals surface area contributed by atoms with Gasteiger partial charge in [0.25, 0.3) is 0 Å². The van der Waals surface area contributed by atoms with Gasteiger partial charge in [-0.05, 0) is 10.8 Å². The Kier molecular flexibility index (Phi) is 1.36. The van der Waals surface area contributed by atoms with Crippen LogP contribution < -0.4 is 9.47 Å². The summed E-state index contributed by atoms with van der Waals surface area (Å²) < 4.78 is 5.81. The lowest BCUT2D eigenvalue weighted by atomic mass is 10.3. The van der Waals surface area contributed by atoms with Crippen molar-refractivity contribution in [2.45, 2.75) is 0 Å². The number of aromatic amines is 1. The molecule has 2 aromatic heterocycles. The first kappa shape index (κ1) is 6.90. The molecule has 0 bridgehead atoms. The predicted molar refractivity (Wildman–Crippen MR) is 40.0 cm³/mol. The lowest BCUT2D eigenvalue weighted by molar-refractivity contribution is -0.887. The molecule has 0 spiro atoms. The zero-order valence-corrected chi connectivity index (χ0v) is 6.48. The highest BCUT2D eigenvalue weighted by Crippen LogP contribution is 2.09. The van der Waals surface area contributed by atoms with Crippen LogP contribution in [0.25, 0.3) is 11.0 Å². The van der Waals surface area contributed by atoms with Gasteiger partial charge in [0.15, 0.2) is 0 Å². The number of H-pyrrole nitrogens is 1. The number of nitrogens with one attached hydrogen (secondary N) is 1. The molecule has 0 fully saturated rings. The Labute approximate surface area is 68.2 Å². The second-order valence-electron chi connectivity index (χ2n) is 2.36. The third-order valence-electron chi connectivity index (χ3n) is 1.68. The molecule has 12 heavy (non-hydrogen) atoms. The largest absolute Gasteiger partial charge is 0.463 e. The summed E-state index contributed by atoms with van der Waals surface area (Å²) in [6.45, 7) is 0. The topological polar surface area (TPSA) is 62.0 Å². The van der Waals surface area contributed by atoms with E-state index in [0.29, 0.717) is 11.5 Å². The fourth-order valence-electron chi connectivity index (χ4n) is 1.08. The second kappa shape index (κ2) is 2.37. The molecule has 0 radical (unpaired) electrons. The van der Waals surface area contributed by atoms with Crippen LogP contribution >= 0.6 is 0 Å². The smallest absolute Gasteiger partial charge is 0.351 e. The van der Waals surface area contributed by atoms with Gasteiger partial charge in [0.05, 0.1) is 18.7 Å². The van der Waals surface area contributed by atoms with E-state index in [1.165, 1.54) is 7.11 Å². The summed E-state index contributed by atoms with van der Waals surface area (Å²) in [5, 5.41) is 16.7. The van der Waals surface area contributed by atoms with E-state index in [9.17, 15) is 5.21 Å².